The minimum atomic E-state index is -0.361. The molecule has 4 nitrogen and oxygen atoms in total. The van der Waals surface area contributed by atoms with Gasteiger partial charge in [-0.3, -0.25) is 4.79 Å². The molecule has 4 heteroatoms. The third-order valence-corrected chi connectivity index (χ3v) is 3.25. The lowest BCUT2D eigenvalue weighted by Gasteiger charge is -2.06. The van der Waals surface area contributed by atoms with Crippen molar-refractivity contribution in [1.82, 2.24) is 5.43 Å². The molecule has 0 aliphatic rings. The molecule has 1 N–H and O–H groups in total. The number of benzene rings is 2. The molecule has 0 radical (unpaired) electrons. The van der Waals surface area contributed by atoms with E-state index in [-0.39, 0.29) is 11.7 Å². The first-order valence-corrected chi connectivity index (χ1v) is 6.62. The van der Waals surface area contributed by atoms with Gasteiger partial charge >= 0.3 is 5.91 Å². The van der Waals surface area contributed by atoms with Gasteiger partial charge in [-0.05, 0) is 29.8 Å². The summed E-state index contributed by atoms with van der Waals surface area (Å²) in [5, 5.41) is 6.40. The molecule has 0 bridgehead atoms. The number of rotatable bonds is 3. The lowest BCUT2D eigenvalue weighted by Crippen LogP contribution is -2.18. The van der Waals surface area contributed by atoms with E-state index >= 15 is 0 Å². The van der Waals surface area contributed by atoms with Gasteiger partial charge in [0, 0.05) is 5.56 Å². The molecule has 0 unspecified atom stereocenters. The van der Waals surface area contributed by atoms with Crippen LogP contribution in [-0.4, -0.2) is 11.6 Å². The minimum Gasteiger partial charge on any atom is -0.459 e. The van der Waals surface area contributed by atoms with E-state index in [9.17, 15) is 4.79 Å². The SMILES string of the molecule is C/C(=N\NC(=O)c1ccco1)c1cccc2ccccc12. The molecule has 104 valence electrons. The van der Waals surface area contributed by atoms with Crippen molar-refractivity contribution in [3.05, 3.63) is 72.2 Å². The zero-order valence-electron chi connectivity index (χ0n) is 11.5. The number of hydrogen-bond donors (Lipinski definition) is 1. The summed E-state index contributed by atoms with van der Waals surface area (Å²) >= 11 is 0. The van der Waals surface area contributed by atoms with E-state index in [1.54, 1.807) is 12.1 Å². The molecule has 3 aromatic rings. The fourth-order valence-corrected chi connectivity index (χ4v) is 2.20. The van der Waals surface area contributed by atoms with E-state index in [2.05, 4.69) is 10.5 Å². The maximum absolute atomic E-state index is 11.8. The van der Waals surface area contributed by atoms with Gasteiger partial charge in [0.1, 0.15) is 0 Å². The highest BCUT2D eigenvalue weighted by atomic mass is 16.3. The van der Waals surface area contributed by atoms with Crippen molar-refractivity contribution in [1.29, 1.82) is 0 Å². The Morgan fingerprint density at radius 1 is 1.05 bits per heavy atom. The van der Waals surface area contributed by atoms with Gasteiger partial charge in [-0.2, -0.15) is 5.10 Å². The van der Waals surface area contributed by atoms with Crippen LogP contribution in [0.4, 0.5) is 0 Å². The number of furan rings is 1. The summed E-state index contributed by atoms with van der Waals surface area (Å²) in [6.45, 7) is 1.87. The van der Waals surface area contributed by atoms with Gasteiger partial charge in [-0.25, -0.2) is 5.43 Å². The summed E-state index contributed by atoms with van der Waals surface area (Å²) in [5.41, 5.74) is 4.24. The van der Waals surface area contributed by atoms with Crippen LogP contribution >= 0.6 is 0 Å². The van der Waals surface area contributed by atoms with E-state index in [1.165, 1.54) is 6.26 Å². The Hall–Kier alpha value is -2.88. The average molecular weight is 278 g/mol. The first kappa shape index (κ1) is 13.1. The van der Waals surface area contributed by atoms with Crippen molar-refractivity contribution >= 4 is 22.4 Å². The zero-order valence-corrected chi connectivity index (χ0v) is 11.5. The second kappa shape index (κ2) is 5.63. The van der Waals surface area contributed by atoms with Crippen molar-refractivity contribution in [3.63, 3.8) is 0 Å². The maximum atomic E-state index is 11.8. The number of amides is 1. The Kier molecular flexibility index (Phi) is 3.51. The average Bonchev–Trinajstić information content (AvgIpc) is 3.06. The van der Waals surface area contributed by atoms with Crippen molar-refractivity contribution in [2.24, 2.45) is 5.10 Å². The second-order valence-corrected chi connectivity index (χ2v) is 4.64. The van der Waals surface area contributed by atoms with Crippen LogP contribution in [0.3, 0.4) is 0 Å². The van der Waals surface area contributed by atoms with Crippen LogP contribution in [0.15, 0.2) is 70.4 Å². The topological polar surface area (TPSA) is 54.6 Å². The summed E-state index contributed by atoms with van der Waals surface area (Å²) in [6.07, 6.45) is 1.45. The molecule has 0 fully saturated rings. The highest BCUT2D eigenvalue weighted by Gasteiger charge is 2.08. The van der Waals surface area contributed by atoms with E-state index in [1.807, 2.05) is 49.4 Å². The molecular formula is C17H14N2O2. The highest BCUT2D eigenvalue weighted by Crippen LogP contribution is 2.19. The second-order valence-electron chi connectivity index (χ2n) is 4.64. The van der Waals surface area contributed by atoms with Gasteiger partial charge < -0.3 is 4.42 Å². The van der Waals surface area contributed by atoms with E-state index in [4.69, 9.17) is 4.42 Å². The molecule has 0 saturated heterocycles. The number of carbonyl (C=O) groups is 1. The maximum Gasteiger partial charge on any atom is 0.307 e. The molecule has 1 amide bonds. The van der Waals surface area contributed by atoms with Crippen LogP contribution in [0.25, 0.3) is 10.8 Å². The van der Waals surface area contributed by atoms with E-state index in [0.717, 1.165) is 22.0 Å². The molecular weight excluding hydrogens is 264 g/mol. The van der Waals surface area contributed by atoms with Gasteiger partial charge in [-0.15, -0.1) is 0 Å². The van der Waals surface area contributed by atoms with Crippen molar-refractivity contribution in [3.8, 4) is 0 Å². The number of nitrogens with zero attached hydrogens (tertiary/aromatic N) is 1. The van der Waals surface area contributed by atoms with Gasteiger partial charge in [0.25, 0.3) is 0 Å². The van der Waals surface area contributed by atoms with Crippen LogP contribution in [0.1, 0.15) is 23.0 Å². The van der Waals surface area contributed by atoms with Crippen LogP contribution in [0.2, 0.25) is 0 Å². The Bertz CT molecular complexity index is 799. The number of nitrogens with one attached hydrogen (secondary N) is 1. The van der Waals surface area contributed by atoms with Crippen LogP contribution in [0, 0.1) is 0 Å². The monoisotopic (exact) mass is 278 g/mol. The third kappa shape index (κ3) is 2.69. The summed E-state index contributed by atoms with van der Waals surface area (Å²) in [5.74, 6) is -0.121. The van der Waals surface area contributed by atoms with Crippen LogP contribution < -0.4 is 5.43 Å². The fourth-order valence-electron chi connectivity index (χ4n) is 2.20. The Labute approximate surface area is 122 Å². The normalized spacial score (nSPS) is 11.6. The molecule has 3 rings (SSSR count). The molecule has 2 aromatic carbocycles. The van der Waals surface area contributed by atoms with Crippen molar-refractivity contribution < 1.29 is 9.21 Å². The zero-order chi connectivity index (χ0) is 14.7. The predicted molar refractivity (Wildman–Crippen MR) is 82.3 cm³/mol. The molecule has 1 aromatic heterocycles. The minimum absolute atomic E-state index is 0.240. The summed E-state index contributed by atoms with van der Waals surface area (Å²) in [4.78, 5) is 11.8. The lowest BCUT2D eigenvalue weighted by molar-refractivity contribution is 0.0927. The standard InChI is InChI=1S/C17H14N2O2/c1-12(18-19-17(20)16-10-5-11-21-16)14-9-4-7-13-6-2-3-8-15(13)14/h2-11H,1H3,(H,19,20)/b18-12+. The fraction of sp³-hybridized carbons (Fsp3) is 0.0588. The molecule has 0 spiro atoms. The number of fused-ring (bicyclic) bond motifs is 1. The number of hydrogen-bond acceptors (Lipinski definition) is 3. The van der Waals surface area contributed by atoms with Gasteiger partial charge in [0.15, 0.2) is 5.76 Å². The molecule has 21 heavy (non-hydrogen) atoms. The molecule has 0 atom stereocenters. The van der Waals surface area contributed by atoms with Crippen LogP contribution in [0.5, 0.6) is 0 Å². The third-order valence-electron chi connectivity index (χ3n) is 3.25. The van der Waals surface area contributed by atoms with Gasteiger partial charge in [0.05, 0.1) is 12.0 Å². The van der Waals surface area contributed by atoms with Crippen molar-refractivity contribution in [2.75, 3.05) is 0 Å². The number of carbonyl (C=O) groups excluding carboxylic acids is 1. The highest BCUT2D eigenvalue weighted by molar-refractivity contribution is 6.10. The molecule has 0 aliphatic carbocycles. The van der Waals surface area contributed by atoms with Crippen LogP contribution in [-0.2, 0) is 0 Å². The first-order chi connectivity index (χ1) is 10.3. The Balaban J connectivity index is 1.88. The molecule has 1 heterocycles. The first-order valence-electron chi connectivity index (χ1n) is 6.62. The Morgan fingerprint density at radius 3 is 2.67 bits per heavy atom. The molecule has 0 aliphatic heterocycles. The van der Waals surface area contributed by atoms with E-state index < -0.39 is 0 Å². The van der Waals surface area contributed by atoms with Crippen molar-refractivity contribution in [2.45, 2.75) is 6.92 Å². The quantitative estimate of drug-likeness (QED) is 0.588. The van der Waals surface area contributed by atoms with Gasteiger partial charge in [0.2, 0.25) is 0 Å². The summed E-state index contributed by atoms with van der Waals surface area (Å²) in [7, 11) is 0. The number of hydrazone groups is 1. The van der Waals surface area contributed by atoms with E-state index in [0.29, 0.717) is 0 Å². The largest absolute Gasteiger partial charge is 0.459 e. The smallest absolute Gasteiger partial charge is 0.307 e. The Morgan fingerprint density at radius 2 is 1.86 bits per heavy atom. The lowest BCUT2D eigenvalue weighted by atomic mass is 10.0. The predicted octanol–water partition coefficient (Wildman–Crippen LogP) is 3.59. The summed E-state index contributed by atoms with van der Waals surface area (Å²) in [6, 6.07) is 17.3. The molecule has 0 saturated carbocycles. The van der Waals surface area contributed by atoms with Gasteiger partial charge in [-0.1, -0.05) is 42.5 Å². The summed E-state index contributed by atoms with van der Waals surface area (Å²) < 4.78 is 5.02.